The first-order valence-electron chi connectivity index (χ1n) is 6.77. The van der Waals surface area contributed by atoms with Crippen LogP contribution in [-0.2, 0) is 11.3 Å². The van der Waals surface area contributed by atoms with Gasteiger partial charge in [0.1, 0.15) is 5.82 Å². The van der Waals surface area contributed by atoms with Gasteiger partial charge < -0.3 is 5.32 Å². The quantitative estimate of drug-likeness (QED) is 0.522. The van der Waals surface area contributed by atoms with Crippen LogP contribution in [0.25, 0.3) is 6.08 Å². The molecule has 0 radical (unpaired) electrons. The average Bonchev–Trinajstić information content (AvgIpc) is 2.85. The molecule has 7 nitrogen and oxygen atoms in total. The van der Waals surface area contributed by atoms with Crippen molar-refractivity contribution in [3.63, 3.8) is 0 Å². The molecule has 1 heterocycles. The molecule has 1 amide bonds. The number of nitrogens with one attached hydrogen (secondary N) is 1. The van der Waals surface area contributed by atoms with Crippen molar-refractivity contribution in [2.45, 2.75) is 20.4 Å². The summed E-state index contributed by atoms with van der Waals surface area (Å²) in [6, 6.07) is 7.86. The average molecular weight is 300 g/mol. The molecule has 1 aromatic carbocycles. The molecule has 0 bridgehead atoms. The van der Waals surface area contributed by atoms with E-state index < -0.39 is 4.92 Å². The third-order valence-electron chi connectivity index (χ3n) is 2.96. The molecule has 1 N–H and O–H groups in total. The van der Waals surface area contributed by atoms with E-state index in [-0.39, 0.29) is 11.6 Å². The number of anilines is 1. The van der Waals surface area contributed by atoms with E-state index in [1.165, 1.54) is 24.3 Å². The van der Waals surface area contributed by atoms with Gasteiger partial charge in [0.25, 0.3) is 5.69 Å². The Morgan fingerprint density at radius 1 is 1.45 bits per heavy atom. The molecule has 0 saturated carbocycles. The number of aromatic nitrogens is 2. The highest BCUT2D eigenvalue weighted by Crippen LogP contribution is 2.14. The van der Waals surface area contributed by atoms with E-state index in [4.69, 9.17) is 0 Å². The molecule has 1 aromatic heterocycles. The first-order valence-corrected chi connectivity index (χ1v) is 6.77. The molecule has 0 atom stereocenters. The van der Waals surface area contributed by atoms with Gasteiger partial charge in [-0.1, -0.05) is 12.1 Å². The lowest BCUT2D eigenvalue weighted by molar-refractivity contribution is -0.384. The molecule has 22 heavy (non-hydrogen) atoms. The Bertz CT molecular complexity index is 734. The zero-order chi connectivity index (χ0) is 16.1. The SMILES string of the molecule is CCn1nc(C)cc1NC(=O)/C=C/c1cccc([N+](=O)[O-])c1. The lowest BCUT2D eigenvalue weighted by atomic mass is 10.2. The van der Waals surface area contributed by atoms with E-state index in [1.807, 2.05) is 13.8 Å². The summed E-state index contributed by atoms with van der Waals surface area (Å²) < 4.78 is 1.69. The number of benzene rings is 1. The maximum absolute atomic E-state index is 11.9. The Labute approximate surface area is 127 Å². The van der Waals surface area contributed by atoms with Crippen molar-refractivity contribution in [2.75, 3.05) is 5.32 Å². The van der Waals surface area contributed by atoms with E-state index in [1.54, 1.807) is 22.9 Å². The Kier molecular flexibility index (Phi) is 4.67. The zero-order valence-electron chi connectivity index (χ0n) is 12.3. The van der Waals surface area contributed by atoms with E-state index in [0.717, 1.165) is 5.69 Å². The summed E-state index contributed by atoms with van der Waals surface area (Å²) in [5.41, 5.74) is 1.39. The normalized spacial score (nSPS) is 10.8. The molecule has 2 aromatic rings. The van der Waals surface area contributed by atoms with Crippen LogP contribution >= 0.6 is 0 Å². The van der Waals surface area contributed by atoms with Crippen LogP contribution in [0.1, 0.15) is 18.2 Å². The largest absolute Gasteiger partial charge is 0.307 e. The van der Waals surface area contributed by atoms with E-state index in [9.17, 15) is 14.9 Å². The molecule has 2 rings (SSSR count). The fourth-order valence-electron chi connectivity index (χ4n) is 1.97. The summed E-state index contributed by atoms with van der Waals surface area (Å²) in [6.45, 7) is 4.43. The predicted molar refractivity (Wildman–Crippen MR) is 83.4 cm³/mol. The van der Waals surface area contributed by atoms with Crippen LogP contribution in [0.3, 0.4) is 0 Å². The third-order valence-corrected chi connectivity index (χ3v) is 2.96. The zero-order valence-corrected chi connectivity index (χ0v) is 12.3. The Balaban J connectivity index is 2.08. The van der Waals surface area contributed by atoms with Gasteiger partial charge in [-0.15, -0.1) is 0 Å². The molecular weight excluding hydrogens is 284 g/mol. The maximum atomic E-state index is 11.9. The van der Waals surface area contributed by atoms with Gasteiger partial charge in [0, 0.05) is 30.8 Å². The van der Waals surface area contributed by atoms with E-state index >= 15 is 0 Å². The standard InChI is InChI=1S/C15H16N4O3/c1-3-18-14(9-11(2)17-18)16-15(20)8-7-12-5-4-6-13(10-12)19(21)22/h4-10H,3H2,1-2H3,(H,16,20)/b8-7+. The predicted octanol–water partition coefficient (Wildman–Crippen LogP) is 2.77. The van der Waals surface area contributed by atoms with Crippen LogP contribution in [0, 0.1) is 17.0 Å². The highest BCUT2D eigenvalue weighted by molar-refractivity contribution is 6.01. The summed E-state index contributed by atoms with van der Waals surface area (Å²) in [5, 5.41) is 17.7. The van der Waals surface area contributed by atoms with Crippen LogP contribution in [0.4, 0.5) is 11.5 Å². The van der Waals surface area contributed by atoms with Gasteiger partial charge in [-0.3, -0.25) is 14.9 Å². The second-order valence-corrected chi connectivity index (χ2v) is 4.66. The minimum absolute atomic E-state index is 0.0118. The van der Waals surface area contributed by atoms with Crippen LogP contribution < -0.4 is 5.32 Å². The number of aryl methyl sites for hydroxylation is 2. The Morgan fingerprint density at radius 3 is 2.91 bits per heavy atom. The molecule has 0 spiro atoms. The number of nitrogens with zero attached hydrogens (tertiary/aromatic N) is 3. The molecule has 0 aliphatic carbocycles. The number of hydrogen-bond acceptors (Lipinski definition) is 4. The molecule has 7 heteroatoms. The highest BCUT2D eigenvalue weighted by Gasteiger charge is 2.07. The van der Waals surface area contributed by atoms with Gasteiger partial charge in [-0.25, -0.2) is 4.68 Å². The molecule has 0 saturated heterocycles. The van der Waals surface area contributed by atoms with Crippen molar-refractivity contribution >= 4 is 23.5 Å². The molecule has 0 aliphatic rings. The molecular formula is C15H16N4O3. The monoisotopic (exact) mass is 300 g/mol. The van der Waals surface area contributed by atoms with Crippen LogP contribution in [-0.4, -0.2) is 20.6 Å². The second kappa shape index (κ2) is 6.66. The van der Waals surface area contributed by atoms with Crippen molar-refractivity contribution in [3.8, 4) is 0 Å². The van der Waals surface area contributed by atoms with Gasteiger partial charge in [-0.05, 0) is 25.5 Å². The van der Waals surface area contributed by atoms with E-state index in [0.29, 0.717) is 17.9 Å². The number of non-ortho nitro benzene ring substituents is 1. The summed E-state index contributed by atoms with van der Waals surface area (Å²) >= 11 is 0. The molecule has 114 valence electrons. The Hall–Kier alpha value is -2.96. The van der Waals surface area contributed by atoms with Crippen molar-refractivity contribution in [1.29, 1.82) is 0 Å². The van der Waals surface area contributed by atoms with E-state index in [2.05, 4.69) is 10.4 Å². The topological polar surface area (TPSA) is 90.1 Å². The number of carbonyl (C=O) groups excluding carboxylic acids is 1. The van der Waals surface area contributed by atoms with Crippen LogP contribution in [0.15, 0.2) is 36.4 Å². The van der Waals surface area contributed by atoms with Gasteiger partial charge >= 0.3 is 0 Å². The molecule has 0 fully saturated rings. The number of carbonyl (C=O) groups is 1. The number of nitro benzene ring substituents is 1. The summed E-state index contributed by atoms with van der Waals surface area (Å²) in [4.78, 5) is 22.1. The minimum Gasteiger partial charge on any atom is -0.307 e. The second-order valence-electron chi connectivity index (χ2n) is 4.66. The van der Waals surface area contributed by atoms with Gasteiger partial charge in [0.05, 0.1) is 10.6 Å². The van der Waals surface area contributed by atoms with Gasteiger partial charge in [-0.2, -0.15) is 5.10 Å². The van der Waals surface area contributed by atoms with Gasteiger partial charge in [0.2, 0.25) is 5.91 Å². The summed E-state index contributed by atoms with van der Waals surface area (Å²) in [7, 11) is 0. The first kappa shape index (κ1) is 15.4. The first-order chi connectivity index (χ1) is 10.5. The minimum atomic E-state index is -0.472. The van der Waals surface area contributed by atoms with Crippen molar-refractivity contribution in [3.05, 3.63) is 57.8 Å². The van der Waals surface area contributed by atoms with Crippen molar-refractivity contribution in [2.24, 2.45) is 0 Å². The fraction of sp³-hybridized carbons (Fsp3) is 0.200. The number of nitro groups is 1. The maximum Gasteiger partial charge on any atom is 0.270 e. The molecule has 0 aliphatic heterocycles. The lowest BCUT2D eigenvalue weighted by Gasteiger charge is -2.04. The van der Waals surface area contributed by atoms with Gasteiger partial charge in [0.15, 0.2) is 0 Å². The number of amides is 1. The fourth-order valence-corrected chi connectivity index (χ4v) is 1.97. The highest BCUT2D eigenvalue weighted by atomic mass is 16.6. The van der Waals surface area contributed by atoms with Crippen LogP contribution in [0.5, 0.6) is 0 Å². The molecule has 0 unspecified atom stereocenters. The van der Waals surface area contributed by atoms with Crippen molar-refractivity contribution in [1.82, 2.24) is 9.78 Å². The lowest BCUT2D eigenvalue weighted by Crippen LogP contribution is -2.12. The van der Waals surface area contributed by atoms with Crippen molar-refractivity contribution < 1.29 is 9.72 Å². The van der Waals surface area contributed by atoms with Crippen LogP contribution in [0.2, 0.25) is 0 Å². The summed E-state index contributed by atoms with van der Waals surface area (Å²) in [6.07, 6.45) is 2.86. The number of hydrogen-bond donors (Lipinski definition) is 1. The number of rotatable bonds is 5. The smallest absolute Gasteiger partial charge is 0.270 e. The third kappa shape index (κ3) is 3.78. The summed E-state index contributed by atoms with van der Waals surface area (Å²) in [5.74, 6) is 0.301. The Morgan fingerprint density at radius 2 is 2.23 bits per heavy atom.